The summed E-state index contributed by atoms with van der Waals surface area (Å²) < 4.78 is 28.8. The van der Waals surface area contributed by atoms with E-state index in [-0.39, 0.29) is 76.0 Å². The van der Waals surface area contributed by atoms with Gasteiger partial charge in [-0.3, -0.25) is 28.8 Å². The highest BCUT2D eigenvalue weighted by Crippen LogP contribution is 2.27. The smallest absolute Gasteiger partial charge is 0.305 e. The van der Waals surface area contributed by atoms with E-state index < -0.39 is 11.4 Å². The molecule has 0 unspecified atom stereocenters. The predicted octanol–water partition coefficient (Wildman–Crippen LogP) is 30.5. The highest BCUT2D eigenvalue weighted by Gasteiger charge is 2.38. The average molecular weight is 1820 g/mol. The first-order valence-electron chi connectivity index (χ1n) is 56.0. The fourth-order valence-corrected chi connectivity index (χ4v) is 17.2. The number of amides is 1. The Morgan fingerprint density at radius 2 is 0.504 bits per heavy atom. The number of carbonyl (C=O) groups is 6. The molecular weight excluding hydrogens is 1600 g/mol. The SMILES string of the molecule is CCCC/C=C\CCCCCCCC(=O)OCC(COC(=O)CCCCCCC/C=C\CCCC)(COC(=O)CCCCCCC/C=C\CCCCCC)COC(=O)CCCN(C)C.CCCCCCCCCN(CCCOC(=O)CCCCC)CCCC1CCN(C(=O)CCN(CCCCCCCCC)CCN(CCCCCCCCC)CCCCCCCCC)CC1. The summed E-state index contributed by atoms with van der Waals surface area (Å²) in [4.78, 5) is 90.4. The molecule has 1 aliphatic heterocycles. The fourth-order valence-electron chi connectivity index (χ4n) is 17.2. The van der Waals surface area contributed by atoms with E-state index in [2.05, 4.69) is 111 Å². The largest absolute Gasteiger partial charge is 0.466 e. The summed E-state index contributed by atoms with van der Waals surface area (Å²) in [5.41, 5.74) is -1.23. The molecule has 0 spiro atoms. The normalized spacial score (nSPS) is 12.8. The van der Waals surface area contributed by atoms with Crippen LogP contribution in [0.4, 0.5) is 0 Å². The second-order valence-electron chi connectivity index (χ2n) is 39.3. The van der Waals surface area contributed by atoms with Crippen LogP contribution in [0.2, 0.25) is 0 Å². The van der Waals surface area contributed by atoms with Gasteiger partial charge in [-0.2, -0.15) is 0 Å². The van der Waals surface area contributed by atoms with Gasteiger partial charge in [-0.25, -0.2) is 0 Å². The van der Waals surface area contributed by atoms with Gasteiger partial charge in [0.15, 0.2) is 0 Å². The van der Waals surface area contributed by atoms with Crippen LogP contribution in [-0.2, 0) is 52.5 Å². The number of carbonyl (C=O) groups excluding carboxylic acids is 6. The molecular formula is C113H215N5O11. The standard InChI is InChI=1S/C58H116N4O3.C55H99NO8/c1-6-11-16-20-24-28-33-44-59(49-38-55-65-58(64)40-32-15-10-5)48-37-39-56-41-51-62(52-42-56)57(63)43-50-61(47-36-31-27-23-19-14-9-4)54-53-60(45-34-29-25-21-17-12-7-2)46-35-30-26-22-18-13-8-3;1-6-9-12-15-18-21-24-25-28-31-34-37-40-44-53(59)63-49-55(50-64-54(60)45-41-46-56(4)5,47-61-51(57)42-38-35-32-29-26-22-19-16-13-10-7-2)48-62-52(58)43-39-36-33-30-27-23-20-17-14-11-8-3/h56H,6-55H2,1-5H3;16-17,19-21,24H,6-15,18,22-23,25-50H2,1-5H3/b;19-16-,20-17-,24-21-. The Hall–Kier alpha value is -4.12. The first-order valence-corrected chi connectivity index (χ1v) is 56.0. The Morgan fingerprint density at radius 3 is 0.845 bits per heavy atom. The molecule has 16 nitrogen and oxygen atoms in total. The molecule has 0 radical (unpaired) electrons. The Kier molecular flexibility index (Phi) is 95.2. The third-order valence-electron chi connectivity index (χ3n) is 26.2. The van der Waals surface area contributed by atoms with Crippen LogP contribution in [0, 0.1) is 11.3 Å². The van der Waals surface area contributed by atoms with Crippen LogP contribution < -0.4 is 0 Å². The summed E-state index contributed by atoms with van der Waals surface area (Å²) in [5, 5.41) is 0. The van der Waals surface area contributed by atoms with E-state index in [4.69, 9.17) is 23.7 Å². The van der Waals surface area contributed by atoms with Crippen LogP contribution >= 0.6 is 0 Å². The number of rotatable bonds is 97. The molecule has 0 bridgehead atoms. The zero-order valence-corrected chi connectivity index (χ0v) is 87.2. The number of ether oxygens (including phenoxy) is 5. The summed E-state index contributed by atoms with van der Waals surface area (Å²) in [6.07, 6.45) is 95.4. The van der Waals surface area contributed by atoms with Crippen molar-refractivity contribution in [2.45, 2.75) is 518 Å². The third kappa shape index (κ3) is 87.7. The Bertz CT molecular complexity index is 2470. The number of piperidine rings is 1. The topological polar surface area (TPSA) is 165 Å². The van der Waals surface area contributed by atoms with Gasteiger partial charge < -0.3 is 48.2 Å². The molecule has 0 N–H and O–H groups in total. The van der Waals surface area contributed by atoms with Crippen molar-refractivity contribution in [2.75, 3.05) is 126 Å². The molecule has 758 valence electrons. The van der Waals surface area contributed by atoms with Gasteiger partial charge in [0, 0.05) is 77.8 Å². The lowest BCUT2D eigenvalue weighted by atomic mass is 9.92. The minimum Gasteiger partial charge on any atom is -0.466 e. The highest BCUT2D eigenvalue weighted by molar-refractivity contribution is 5.76. The van der Waals surface area contributed by atoms with Gasteiger partial charge >= 0.3 is 29.8 Å². The van der Waals surface area contributed by atoms with Crippen molar-refractivity contribution < 1.29 is 52.5 Å². The van der Waals surface area contributed by atoms with Crippen molar-refractivity contribution in [3.8, 4) is 0 Å². The van der Waals surface area contributed by atoms with E-state index in [1.165, 1.54) is 264 Å². The zero-order chi connectivity index (χ0) is 94.1. The molecule has 0 aromatic heterocycles. The summed E-state index contributed by atoms with van der Waals surface area (Å²) in [6.45, 7) is 30.6. The number of likely N-dealkylation sites (tertiary alicyclic amines) is 1. The lowest BCUT2D eigenvalue weighted by Crippen LogP contribution is -2.44. The van der Waals surface area contributed by atoms with Gasteiger partial charge in [0.05, 0.1) is 6.61 Å². The first-order chi connectivity index (χ1) is 63.1. The van der Waals surface area contributed by atoms with Crippen molar-refractivity contribution in [3.05, 3.63) is 36.5 Å². The van der Waals surface area contributed by atoms with Crippen LogP contribution in [0.15, 0.2) is 36.5 Å². The lowest BCUT2D eigenvalue weighted by molar-refractivity contribution is -0.171. The van der Waals surface area contributed by atoms with E-state index >= 15 is 0 Å². The summed E-state index contributed by atoms with van der Waals surface area (Å²) in [7, 11) is 3.90. The van der Waals surface area contributed by atoms with Gasteiger partial charge in [-0.05, 0) is 213 Å². The van der Waals surface area contributed by atoms with Crippen LogP contribution in [-0.4, -0.2) is 186 Å². The quantitative estimate of drug-likeness (QED) is 0.0244. The minimum atomic E-state index is -1.23. The molecule has 1 fully saturated rings. The second-order valence-corrected chi connectivity index (χ2v) is 39.3. The van der Waals surface area contributed by atoms with Crippen molar-refractivity contribution >= 4 is 35.8 Å². The number of esters is 5. The summed E-state index contributed by atoms with van der Waals surface area (Å²) >= 11 is 0. The molecule has 0 saturated carbocycles. The van der Waals surface area contributed by atoms with E-state index in [0.29, 0.717) is 44.6 Å². The van der Waals surface area contributed by atoms with E-state index in [0.717, 1.165) is 225 Å². The van der Waals surface area contributed by atoms with Crippen molar-refractivity contribution in [1.29, 1.82) is 0 Å². The molecule has 16 heteroatoms. The molecule has 1 heterocycles. The Morgan fingerprint density at radius 1 is 0.256 bits per heavy atom. The van der Waals surface area contributed by atoms with Crippen LogP contribution in [0.3, 0.4) is 0 Å². The first kappa shape index (κ1) is 125. The van der Waals surface area contributed by atoms with Crippen molar-refractivity contribution in [3.63, 3.8) is 0 Å². The zero-order valence-electron chi connectivity index (χ0n) is 87.2. The van der Waals surface area contributed by atoms with Crippen LogP contribution in [0.5, 0.6) is 0 Å². The van der Waals surface area contributed by atoms with E-state index in [1.54, 1.807) is 0 Å². The maximum absolute atomic E-state index is 13.7. The van der Waals surface area contributed by atoms with Crippen LogP contribution in [0.25, 0.3) is 0 Å². The van der Waals surface area contributed by atoms with Gasteiger partial charge in [0.1, 0.15) is 31.8 Å². The van der Waals surface area contributed by atoms with Gasteiger partial charge in [0.2, 0.25) is 5.91 Å². The number of hydrogen-bond donors (Lipinski definition) is 0. The second kappa shape index (κ2) is 98.4. The molecule has 0 aromatic rings. The molecule has 0 aliphatic carbocycles. The monoisotopic (exact) mass is 1820 g/mol. The van der Waals surface area contributed by atoms with Gasteiger partial charge in [-0.1, -0.05) is 362 Å². The van der Waals surface area contributed by atoms with Crippen molar-refractivity contribution in [1.82, 2.24) is 24.5 Å². The number of nitrogens with zero attached hydrogens (tertiary/aromatic N) is 5. The predicted molar refractivity (Wildman–Crippen MR) is 550 cm³/mol. The molecule has 1 amide bonds. The minimum absolute atomic E-state index is 0.0206. The third-order valence-corrected chi connectivity index (χ3v) is 26.2. The van der Waals surface area contributed by atoms with Crippen molar-refractivity contribution in [2.24, 2.45) is 11.3 Å². The molecule has 129 heavy (non-hydrogen) atoms. The average Bonchev–Trinajstić information content (AvgIpc) is 0.753. The number of hydrogen-bond acceptors (Lipinski definition) is 15. The number of unbranched alkanes of at least 4 members (excludes halogenated alkanes) is 49. The van der Waals surface area contributed by atoms with E-state index in [1.807, 2.05) is 19.0 Å². The molecule has 1 aliphatic rings. The summed E-state index contributed by atoms with van der Waals surface area (Å²) in [5.74, 6) is -0.384. The van der Waals surface area contributed by atoms with Crippen LogP contribution in [0.1, 0.15) is 518 Å². The lowest BCUT2D eigenvalue weighted by Gasteiger charge is -2.33. The number of allylic oxidation sites excluding steroid dienone is 6. The fraction of sp³-hybridized carbons (Fsp3) is 0.894. The molecule has 1 saturated heterocycles. The van der Waals surface area contributed by atoms with Gasteiger partial charge in [0.25, 0.3) is 0 Å². The molecule has 0 atom stereocenters. The Labute approximate surface area is 799 Å². The summed E-state index contributed by atoms with van der Waals surface area (Å²) in [6, 6.07) is 0. The Balaban J connectivity index is 0.00000254. The van der Waals surface area contributed by atoms with Gasteiger partial charge in [-0.15, -0.1) is 0 Å². The molecule has 1 rings (SSSR count). The maximum Gasteiger partial charge on any atom is 0.305 e. The highest BCUT2D eigenvalue weighted by atomic mass is 16.6. The maximum atomic E-state index is 13.7. The van der Waals surface area contributed by atoms with E-state index in [9.17, 15) is 28.8 Å². The molecule has 0 aromatic carbocycles.